The molecule has 2 rings (SSSR count). The zero-order valence-corrected chi connectivity index (χ0v) is 11.5. The van der Waals surface area contributed by atoms with Crippen LogP contribution in [0.1, 0.15) is 25.8 Å². The summed E-state index contributed by atoms with van der Waals surface area (Å²) >= 11 is 0. The quantitative estimate of drug-likeness (QED) is 0.865. The summed E-state index contributed by atoms with van der Waals surface area (Å²) in [5.74, 6) is 0.998. The minimum absolute atomic E-state index is 0.596. The number of nitrogens with one attached hydrogen (secondary N) is 1. The molecule has 18 heavy (non-hydrogen) atoms. The summed E-state index contributed by atoms with van der Waals surface area (Å²) in [7, 11) is 0. The molecule has 1 aliphatic heterocycles. The van der Waals surface area contributed by atoms with Crippen molar-refractivity contribution in [2.75, 3.05) is 26.2 Å². The van der Waals surface area contributed by atoms with Crippen molar-refractivity contribution >= 4 is 0 Å². The van der Waals surface area contributed by atoms with Crippen LogP contribution in [0.25, 0.3) is 0 Å². The Hall–Kier alpha value is -1.06. The van der Waals surface area contributed by atoms with Crippen molar-refractivity contribution in [3.8, 4) is 5.75 Å². The Morgan fingerprint density at radius 2 is 2.33 bits per heavy atom. The maximum Gasteiger partial charge on any atom is 0.119 e. The Labute approximate surface area is 110 Å². The molecule has 0 aromatic heterocycles. The van der Waals surface area contributed by atoms with Crippen molar-refractivity contribution in [2.24, 2.45) is 0 Å². The third kappa shape index (κ3) is 4.00. The van der Waals surface area contributed by atoms with Gasteiger partial charge in [0.25, 0.3) is 0 Å². The third-order valence-corrected chi connectivity index (χ3v) is 3.23. The summed E-state index contributed by atoms with van der Waals surface area (Å²) in [6, 6.07) is 9.08. The van der Waals surface area contributed by atoms with Gasteiger partial charge in [0.05, 0.1) is 6.61 Å². The van der Waals surface area contributed by atoms with Crippen LogP contribution in [0.3, 0.4) is 0 Å². The highest BCUT2D eigenvalue weighted by Crippen LogP contribution is 2.15. The van der Waals surface area contributed by atoms with Gasteiger partial charge in [-0.1, -0.05) is 19.1 Å². The molecule has 0 spiro atoms. The van der Waals surface area contributed by atoms with Crippen molar-refractivity contribution < 1.29 is 4.74 Å². The number of hydrogen-bond acceptors (Lipinski definition) is 3. The molecule has 0 unspecified atom stereocenters. The lowest BCUT2D eigenvalue weighted by Crippen LogP contribution is -2.48. The molecule has 1 atom stereocenters. The smallest absolute Gasteiger partial charge is 0.119 e. The first-order valence-electron chi connectivity index (χ1n) is 6.95. The Kier molecular flexibility index (Phi) is 5.02. The van der Waals surface area contributed by atoms with Gasteiger partial charge in [0, 0.05) is 32.2 Å². The lowest BCUT2D eigenvalue weighted by molar-refractivity contribution is 0.199. The van der Waals surface area contributed by atoms with E-state index in [0.717, 1.165) is 45.0 Å². The predicted octanol–water partition coefficient (Wildman–Crippen LogP) is 2.27. The molecular weight excluding hydrogens is 224 g/mol. The van der Waals surface area contributed by atoms with Crippen LogP contribution >= 0.6 is 0 Å². The van der Waals surface area contributed by atoms with Gasteiger partial charge in [0.15, 0.2) is 0 Å². The summed E-state index contributed by atoms with van der Waals surface area (Å²) in [6.45, 7) is 9.54. The average Bonchev–Trinajstić information content (AvgIpc) is 2.37. The van der Waals surface area contributed by atoms with Gasteiger partial charge >= 0.3 is 0 Å². The SMILES string of the molecule is CCCOc1cccc(CN2CCN[C@H](C)C2)c1. The van der Waals surface area contributed by atoms with Crippen LogP contribution in [0.15, 0.2) is 24.3 Å². The maximum absolute atomic E-state index is 5.68. The number of nitrogens with zero attached hydrogens (tertiary/aromatic N) is 1. The summed E-state index contributed by atoms with van der Waals surface area (Å²) in [6.07, 6.45) is 1.06. The lowest BCUT2D eigenvalue weighted by atomic mass is 10.1. The Morgan fingerprint density at radius 1 is 1.44 bits per heavy atom. The van der Waals surface area contributed by atoms with E-state index in [1.54, 1.807) is 0 Å². The highest BCUT2D eigenvalue weighted by molar-refractivity contribution is 5.28. The van der Waals surface area contributed by atoms with E-state index in [2.05, 4.69) is 42.3 Å². The van der Waals surface area contributed by atoms with Crippen LogP contribution in [0.4, 0.5) is 0 Å². The van der Waals surface area contributed by atoms with E-state index in [1.165, 1.54) is 5.56 Å². The first-order valence-corrected chi connectivity index (χ1v) is 6.95. The van der Waals surface area contributed by atoms with E-state index in [0.29, 0.717) is 6.04 Å². The van der Waals surface area contributed by atoms with Crippen molar-refractivity contribution in [2.45, 2.75) is 32.9 Å². The summed E-state index contributed by atoms with van der Waals surface area (Å²) in [4.78, 5) is 2.50. The average molecular weight is 248 g/mol. The molecule has 1 N–H and O–H groups in total. The van der Waals surface area contributed by atoms with E-state index in [1.807, 2.05) is 6.07 Å². The van der Waals surface area contributed by atoms with Crippen LogP contribution in [0, 0.1) is 0 Å². The van der Waals surface area contributed by atoms with Gasteiger partial charge in [0.2, 0.25) is 0 Å². The number of hydrogen-bond donors (Lipinski definition) is 1. The fourth-order valence-corrected chi connectivity index (χ4v) is 2.37. The first-order chi connectivity index (χ1) is 8.78. The van der Waals surface area contributed by atoms with Crippen LogP contribution < -0.4 is 10.1 Å². The van der Waals surface area contributed by atoms with E-state index >= 15 is 0 Å². The van der Waals surface area contributed by atoms with Gasteiger partial charge in [0.1, 0.15) is 5.75 Å². The largest absolute Gasteiger partial charge is 0.494 e. The zero-order chi connectivity index (χ0) is 12.8. The van der Waals surface area contributed by atoms with Crippen molar-refractivity contribution in [3.05, 3.63) is 29.8 Å². The molecule has 1 aromatic rings. The molecule has 3 nitrogen and oxygen atoms in total. The van der Waals surface area contributed by atoms with Crippen molar-refractivity contribution in [1.82, 2.24) is 10.2 Å². The summed E-state index contributed by atoms with van der Waals surface area (Å²) in [5.41, 5.74) is 1.35. The highest BCUT2D eigenvalue weighted by atomic mass is 16.5. The molecule has 0 amide bonds. The van der Waals surface area contributed by atoms with Crippen LogP contribution in [-0.4, -0.2) is 37.2 Å². The summed E-state index contributed by atoms with van der Waals surface area (Å²) < 4.78 is 5.68. The number of benzene rings is 1. The fourth-order valence-electron chi connectivity index (χ4n) is 2.37. The molecule has 1 aliphatic rings. The van der Waals surface area contributed by atoms with Gasteiger partial charge in [-0.2, -0.15) is 0 Å². The predicted molar refractivity (Wildman–Crippen MR) is 75.0 cm³/mol. The van der Waals surface area contributed by atoms with E-state index in [9.17, 15) is 0 Å². The molecule has 1 fully saturated rings. The maximum atomic E-state index is 5.68. The lowest BCUT2D eigenvalue weighted by Gasteiger charge is -2.31. The first kappa shape index (κ1) is 13.4. The van der Waals surface area contributed by atoms with Gasteiger partial charge in [-0.25, -0.2) is 0 Å². The van der Waals surface area contributed by atoms with Gasteiger partial charge in [-0.15, -0.1) is 0 Å². The zero-order valence-electron chi connectivity index (χ0n) is 11.5. The Morgan fingerprint density at radius 3 is 3.11 bits per heavy atom. The monoisotopic (exact) mass is 248 g/mol. The molecule has 1 saturated heterocycles. The van der Waals surface area contributed by atoms with Gasteiger partial charge < -0.3 is 10.1 Å². The normalized spacial score (nSPS) is 20.9. The van der Waals surface area contributed by atoms with Crippen LogP contribution in [-0.2, 0) is 6.54 Å². The fraction of sp³-hybridized carbons (Fsp3) is 0.600. The third-order valence-electron chi connectivity index (χ3n) is 3.23. The summed E-state index contributed by atoms with van der Waals surface area (Å²) in [5, 5.41) is 3.47. The topological polar surface area (TPSA) is 24.5 Å². The molecule has 1 heterocycles. The minimum atomic E-state index is 0.596. The number of ether oxygens (including phenoxy) is 1. The number of rotatable bonds is 5. The van der Waals surface area contributed by atoms with E-state index in [4.69, 9.17) is 4.74 Å². The van der Waals surface area contributed by atoms with E-state index < -0.39 is 0 Å². The van der Waals surface area contributed by atoms with E-state index in [-0.39, 0.29) is 0 Å². The molecule has 0 aliphatic carbocycles. The molecule has 0 saturated carbocycles. The van der Waals surface area contributed by atoms with Crippen LogP contribution in [0.2, 0.25) is 0 Å². The second kappa shape index (κ2) is 6.76. The second-order valence-electron chi connectivity index (χ2n) is 5.09. The van der Waals surface area contributed by atoms with Crippen molar-refractivity contribution in [1.29, 1.82) is 0 Å². The molecular formula is C15H24N2O. The Bertz CT molecular complexity index is 367. The number of piperazine rings is 1. The molecule has 3 heteroatoms. The van der Waals surface area contributed by atoms with Gasteiger partial charge in [-0.05, 0) is 31.0 Å². The minimum Gasteiger partial charge on any atom is -0.494 e. The molecule has 0 radical (unpaired) electrons. The van der Waals surface area contributed by atoms with Gasteiger partial charge in [-0.3, -0.25) is 4.90 Å². The molecule has 0 bridgehead atoms. The van der Waals surface area contributed by atoms with Crippen molar-refractivity contribution in [3.63, 3.8) is 0 Å². The highest BCUT2D eigenvalue weighted by Gasteiger charge is 2.15. The molecule has 1 aromatic carbocycles. The standard InChI is InChI=1S/C15H24N2O/c1-3-9-18-15-6-4-5-14(10-15)12-17-8-7-16-13(2)11-17/h4-6,10,13,16H,3,7-9,11-12H2,1-2H3/t13-/m1/s1. The molecule has 100 valence electrons. The Balaban J connectivity index is 1.91. The second-order valence-corrected chi connectivity index (χ2v) is 5.09. The van der Waals surface area contributed by atoms with Crippen LogP contribution in [0.5, 0.6) is 5.75 Å².